The van der Waals surface area contributed by atoms with E-state index in [0.717, 1.165) is 0 Å². The molecule has 2 aromatic rings. The molecule has 0 spiro atoms. The average molecular weight is 291 g/mol. The molecule has 2 amide bonds. The number of carbonyl (C=O) groups is 1. The number of benzene rings is 2. The van der Waals surface area contributed by atoms with Gasteiger partial charge in [-0.1, -0.05) is 18.2 Å². The molecule has 0 heterocycles. The molecule has 7 heteroatoms. The molecule has 0 aliphatic rings. The fraction of sp³-hybridized carbons (Fsp3) is 0. The van der Waals surface area contributed by atoms with Gasteiger partial charge in [0, 0.05) is 11.4 Å². The van der Waals surface area contributed by atoms with Gasteiger partial charge in [-0.25, -0.2) is 13.2 Å². The van der Waals surface area contributed by atoms with Crippen molar-refractivity contribution in [1.29, 1.82) is 0 Å². The summed E-state index contributed by atoms with van der Waals surface area (Å²) < 4.78 is 26.7. The van der Waals surface area contributed by atoms with E-state index in [1.165, 1.54) is 24.3 Å². The van der Waals surface area contributed by atoms with Crippen molar-refractivity contribution in [2.45, 2.75) is 4.90 Å². The number of para-hydroxylation sites is 1. The fourth-order valence-electron chi connectivity index (χ4n) is 1.58. The van der Waals surface area contributed by atoms with Gasteiger partial charge in [-0.05, 0) is 36.4 Å². The molecule has 0 aliphatic carbocycles. The lowest BCUT2D eigenvalue weighted by Gasteiger charge is -2.08. The normalized spacial score (nSPS) is 10.8. The van der Waals surface area contributed by atoms with Gasteiger partial charge in [0.05, 0.1) is 4.90 Å². The molecule has 104 valence electrons. The highest BCUT2D eigenvalue weighted by atomic mass is 32.2. The molecule has 0 atom stereocenters. The van der Waals surface area contributed by atoms with Crippen LogP contribution in [-0.2, 0) is 10.0 Å². The van der Waals surface area contributed by atoms with Crippen LogP contribution in [0.5, 0.6) is 0 Å². The first-order chi connectivity index (χ1) is 9.47. The SMILES string of the molecule is NC(=O)Nc1ccc(S(=O)(=O)Nc2ccccc2)cc1. The standard InChI is InChI=1S/C13H13N3O3S/c14-13(17)15-10-6-8-12(9-7-10)20(18,19)16-11-4-2-1-3-5-11/h1-9,16H,(H3,14,15,17). The molecule has 0 radical (unpaired) electrons. The molecule has 2 aromatic carbocycles. The molecule has 6 nitrogen and oxygen atoms in total. The maximum absolute atomic E-state index is 12.1. The number of nitrogens with two attached hydrogens (primary N) is 1. The Hall–Kier alpha value is -2.54. The van der Waals surface area contributed by atoms with Crippen LogP contribution in [-0.4, -0.2) is 14.4 Å². The number of nitrogens with one attached hydrogen (secondary N) is 2. The van der Waals surface area contributed by atoms with Crippen molar-refractivity contribution in [2.75, 3.05) is 10.0 Å². The average Bonchev–Trinajstić information content (AvgIpc) is 2.39. The maximum Gasteiger partial charge on any atom is 0.316 e. The van der Waals surface area contributed by atoms with Gasteiger partial charge < -0.3 is 11.1 Å². The molecule has 0 saturated carbocycles. The molecular weight excluding hydrogens is 278 g/mol. The zero-order chi connectivity index (χ0) is 14.6. The molecule has 2 rings (SSSR count). The molecular formula is C13H13N3O3S. The highest BCUT2D eigenvalue weighted by molar-refractivity contribution is 7.92. The van der Waals surface area contributed by atoms with Crippen molar-refractivity contribution in [3.8, 4) is 0 Å². The van der Waals surface area contributed by atoms with Crippen LogP contribution in [0, 0.1) is 0 Å². The van der Waals surface area contributed by atoms with Crippen molar-refractivity contribution in [3.05, 3.63) is 54.6 Å². The molecule has 0 saturated heterocycles. The highest BCUT2D eigenvalue weighted by Crippen LogP contribution is 2.17. The molecule has 0 fully saturated rings. The minimum absolute atomic E-state index is 0.0939. The van der Waals surface area contributed by atoms with E-state index < -0.39 is 16.1 Å². The number of anilines is 2. The third kappa shape index (κ3) is 3.48. The van der Waals surface area contributed by atoms with E-state index in [4.69, 9.17) is 5.73 Å². The minimum Gasteiger partial charge on any atom is -0.351 e. The van der Waals surface area contributed by atoms with Gasteiger partial charge in [-0.3, -0.25) is 4.72 Å². The summed E-state index contributed by atoms with van der Waals surface area (Å²) in [6.07, 6.45) is 0. The zero-order valence-corrected chi connectivity index (χ0v) is 11.2. The first-order valence-corrected chi connectivity index (χ1v) is 7.20. The maximum atomic E-state index is 12.1. The number of urea groups is 1. The predicted molar refractivity (Wildman–Crippen MR) is 76.9 cm³/mol. The van der Waals surface area contributed by atoms with Crippen molar-refractivity contribution in [3.63, 3.8) is 0 Å². The first kappa shape index (κ1) is 13.9. The van der Waals surface area contributed by atoms with E-state index >= 15 is 0 Å². The van der Waals surface area contributed by atoms with Crippen molar-refractivity contribution in [2.24, 2.45) is 5.73 Å². The van der Waals surface area contributed by atoms with Crippen LogP contribution in [0.25, 0.3) is 0 Å². The summed E-state index contributed by atoms with van der Waals surface area (Å²) >= 11 is 0. The molecule has 0 unspecified atom stereocenters. The van der Waals surface area contributed by atoms with Crippen LogP contribution < -0.4 is 15.8 Å². The summed E-state index contributed by atoms with van der Waals surface area (Å²) in [5.74, 6) is 0. The fourth-order valence-corrected chi connectivity index (χ4v) is 2.64. The second-order valence-corrected chi connectivity index (χ2v) is 5.67. The second-order valence-electron chi connectivity index (χ2n) is 3.99. The van der Waals surface area contributed by atoms with Gasteiger partial charge >= 0.3 is 6.03 Å². The molecule has 20 heavy (non-hydrogen) atoms. The summed E-state index contributed by atoms with van der Waals surface area (Å²) in [7, 11) is -3.65. The van der Waals surface area contributed by atoms with Crippen LogP contribution in [0.15, 0.2) is 59.5 Å². The predicted octanol–water partition coefficient (Wildman–Crippen LogP) is 1.98. The quantitative estimate of drug-likeness (QED) is 0.802. The molecule has 0 aliphatic heterocycles. The van der Waals surface area contributed by atoms with Crippen LogP contribution >= 0.6 is 0 Å². The van der Waals surface area contributed by atoms with Gasteiger partial charge in [0.1, 0.15) is 0 Å². The molecule has 0 aromatic heterocycles. The Kier molecular flexibility index (Phi) is 3.90. The lowest BCUT2D eigenvalue weighted by molar-refractivity contribution is 0.259. The minimum atomic E-state index is -3.65. The van der Waals surface area contributed by atoms with Gasteiger partial charge in [0.25, 0.3) is 10.0 Å². The number of hydrogen-bond donors (Lipinski definition) is 3. The number of hydrogen-bond acceptors (Lipinski definition) is 3. The summed E-state index contributed by atoms with van der Waals surface area (Å²) in [6, 6.07) is 13.6. The topological polar surface area (TPSA) is 101 Å². The lowest BCUT2D eigenvalue weighted by Crippen LogP contribution is -2.19. The Morgan fingerprint density at radius 2 is 1.50 bits per heavy atom. The number of carbonyl (C=O) groups excluding carboxylic acids is 1. The third-order valence-corrected chi connectivity index (χ3v) is 3.86. The summed E-state index contributed by atoms with van der Waals surface area (Å²) in [6.45, 7) is 0. The Morgan fingerprint density at radius 1 is 0.900 bits per heavy atom. The van der Waals surface area contributed by atoms with Crippen molar-refractivity contribution in [1.82, 2.24) is 0 Å². The highest BCUT2D eigenvalue weighted by Gasteiger charge is 2.13. The number of amides is 2. The largest absolute Gasteiger partial charge is 0.351 e. The third-order valence-electron chi connectivity index (χ3n) is 2.46. The summed E-state index contributed by atoms with van der Waals surface area (Å²) in [5, 5.41) is 2.36. The van der Waals surface area contributed by atoms with Gasteiger partial charge in [0.2, 0.25) is 0 Å². The van der Waals surface area contributed by atoms with Crippen LogP contribution in [0.2, 0.25) is 0 Å². The smallest absolute Gasteiger partial charge is 0.316 e. The van der Waals surface area contributed by atoms with Gasteiger partial charge in [-0.2, -0.15) is 0 Å². The number of rotatable bonds is 4. The molecule has 0 bridgehead atoms. The first-order valence-electron chi connectivity index (χ1n) is 5.72. The molecule has 4 N–H and O–H groups in total. The van der Waals surface area contributed by atoms with Crippen molar-refractivity contribution >= 4 is 27.4 Å². The lowest BCUT2D eigenvalue weighted by atomic mass is 10.3. The summed E-state index contributed by atoms with van der Waals surface area (Å²) in [4.78, 5) is 10.8. The monoisotopic (exact) mass is 291 g/mol. The number of sulfonamides is 1. The second kappa shape index (κ2) is 5.62. The van der Waals surface area contributed by atoms with Crippen LogP contribution in [0.3, 0.4) is 0 Å². The van der Waals surface area contributed by atoms with E-state index in [-0.39, 0.29) is 4.90 Å². The Morgan fingerprint density at radius 3 is 2.05 bits per heavy atom. The van der Waals surface area contributed by atoms with Crippen LogP contribution in [0.4, 0.5) is 16.2 Å². The van der Waals surface area contributed by atoms with E-state index in [2.05, 4.69) is 10.0 Å². The van der Waals surface area contributed by atoms with Crippen molar-refractivity contribution < 1.29 is 13.2 Å². The van der Waals surface area contributed by atoms with Crippen LogP contribution in [0.1, 0.15) is 0 Å². The number of primary amides is 1. The Labute approximate surface area is 116 Å². The van der Waals surface area contributed by atoms with E-state index in [1.54, 1.807) is 30.3 Å². The van der Waals surface area contributed by atoms with E-state index in [0.29, 0.717) is 11.4 Å². The Bertz CT molecular complexity index is 697. The Balaban J connectivity index is 2.19. The van der Waals surface area contributed by atoms with Gasteiger partial charge in [-0.15, -0.1) is 0 Å². The summed E-state index contributed by atoms with van der Waals surface area (Å²) in [5.41, 5.74) is 5.88. The van der Waals surface area contributed by atoms with E-state index in [1.807, 2.05) is 0 Å². The van der Waals surface area contributed by atoms with Gasteiger partial charge in [0.15, 0.2) is 0 Å². The zero-order valence-electron chi connectivity index (χ0n) is 10.4. The van der Waals surface area contributed by atoms with E-state index in [9.17, 15) is 13.2 Å².